The SMILES string of the molecule is CCCCCCCCCCCCOC(=O)c1ccc(Cl)c(NC(=O)C2CCCC2=O)c1. The second-order valence-corrected chi connectivity index (χ2v) is 8.82. The van der Waals surface area contributed by atoms with Crippen LogP contribution in [0.15, 0.2) is 18.2 Å². The first-order chi connectivity index (χ1) is 15.0. The van der Waals surface area contributed by atoms with Gasteiger partial charge in [0.05, 0.1) is 28.8 Å². The van der Waals surface area contributed by atoms with Gasteiger partial charge < -0.3 is 10.1 Å². The van der Waals surface area contributed by atoms with Gasteiger partial charge in [-0.1, -0.05) is 76.3 Å². The van der Waals surface area contributed by atoms with Crippen LogP contribution < -0.4 is 5.32 Å². The van der Waals surface area contributed by atoms with Crippen molar-refractivity contribution in [2.45, 2.75) is 90.4 Å². The summed E-state index contributed by atoms with van der Waals surface area (Å²) in [6.07, 6.45) is 14.0. The summed E-state index contributed by atoms with van der Waals surface area (Å²) in [7, 11) is 0. The summed E-state index contributed by atoms with van der Waals surface area (Å²) in [5.74, 6) is -1.45. The molecule has 0 spiro atoms. The largest absolute Gasteiger partial charge is 0.462 e. The second-order valence-electron chi connectivity index (χ2n) is 8.41. The van der Waals surface area contributed by atoms with E-state index < -0.39 is 11.9 Å². The lowest BCUT2D eigenvalue weighted by Crippen LogP contribution is -2.26. The van der Waals surface area contributed by atoms with Gasteiger partial charge in [0, 0.05) is 6.42 Å². The molecule has 0 heterocycles. The topological polar surface area (TPSA) is 72.5 Å². The van der Waals surface area contributed by atoms with Crippen LogP contribution in [-0.4, -0.2) is 24.3 Å². The van der Waals surface area contributed by atoms with E-state index in [1.165, 1.54) is 57.4 Å². The highest BCUT2D eigenvalue weighted by atomic mass is 35.5. The highest BCUT2D eigenvalue weighted by molar-refractivity contribution is 6.34. The average Bonchev–Trinajstić information content (AvgIpc) is 3.19. The predicted octanol–water partition coefficient (Wildman–Crippen LogP) is 6.73. The summed E-state index contributed by atoms with van der Waals surface area (Å²) in [5.41, 5.74) is 0.671. The molecule has 1 aromatic rings. The molecule has 1 amide bonds. The number of carbonyl (C=O) groups excluding carboxylic acids is 3. The van der Waals surface area contributed by atoms with Gasteiger partial charge in [-0.3, -0.25) is 9.59 Å². The second kappa shape index (κ2) is 14.2. The molecule has 2 rings (SSSR count). The van der Waals surface area contributed by atoms with Crippen LogP contribution in [0.2, 0.25) is 5.02 Å². The Morgan fingerprint density at radius 1 is 1.03 bits per heavy atom. The fourth-order valence-corrected chi connectivity index (χ4v) is 4.06. The monoisotopic (exact) mass is 449 g/mol. The first-order valence-electron chi connectivity index (χ1n) is 11.8. The van der Waals surface area contributed by atoms with E-state index in [1.54, 1.807) is 12.1 Å². The smallest absolute Gasteiger partial charge is 0.338 e. The van der Waals surface area contributed by atoms with Gasteiger partial charge in [-0.25, -0.2) is 4.79 Å². The number of benzene rings is 1. The molecule has 5 nitrogen and oxygen atoms in total. The molecule has 1 aromatic carbocycles. The minimum Gasteiger partial charge on any atom is -0.462 e. The Morgan fingerprint density at radius 3 is 2.29 bits per heavy atom. The zero-order valence-electron chi connectivity index (χ0n) is 18.7. The highest BCUT2D eigenvalue weighted by Crippen LogP contribution is 2.27. The zero-order valence-corrected chi connectivity index (χ0v) is 19.5. The van der Waals surface area contributed by atoms with Crippen LogP contribution in [0.4, 0.5) is 5.69 Å². The van der Waals surface area contributed by atoms with Crippen LogP contribution >= 0.6 is 11.6 Å². The van der Waals surface area contributed by atoms with Gasteiger partial charge in [0.25, 0.3) is 0 Å². The number of ketones is 1. The van der Waals surface area contributed by atoms with Crippen molar-refractivity contribution in [3.63, 3.8) is 0 Å². The number of anilines is 1. The van der Waals surface area contributed by atoms with Gasteiger partial charge >= 0.3 is 5.97 Å². The third kappa shape index (κ3) is 9.02. The maximum atomic E-state index is 12.3. The van der Waals surface area contributed by atoms with E-state index in [4.69, 9.17) is 16.3 Å². The third-order valence-corrected chi connectivity index (χ3v) is 6.14. The van der Waals surface area contributed by atoms with E-state index in [2.05, 4.69) is 12.2 Å². The van der Waals surface area contributed by atoms with Gasteiger partial charge in [0.2, 0.25) is 5.91 Å². The van der Waals surface area contributed by atoms with Crippen molar-refractivity contribution in [2.75, 3.05) is 11.9 Å². The lowest BCUT2D eigenvalue weighted by Gasteiger charge is -2.12. The summed E-state index contributed by atoms with van der Waals surface area (Å²) in [4.78, 5) is 36.4. The van der Waals surface area contributed by atoms with E-state index in [1.807, 2.05) is 0 Å². The van der Waals surface area contributed by atoms with Crippen molar-refractivity contribution >= 4 is 34.9 Å². The minimum absolute atomic E-state index is 0.0410. The first kappa shape index (κ1) is 25.4. The van der Waals surface area contributed by atoms with Gasteiger partial charge in [-0.15, -0.1) is 0 Å². The van der Waals surface area contributed by atoms with E-state index in [9.17, 15) is 14.4 Å². The van der Waals surface area contributed by atoms with Gasteiger partial charge in [-0.2, -0.15) is 0 Å². The van der Waals surface area contributed by atoms with Crippen molar-refractivity contribution < 1.29 is 19.1 Å². The van der Waals surface area contributed by atoms with Crippen LogP contribution in [0.5, 0.6) is 0 Å². The summed E-state index contributed by atoms with van der Waals surface area (Å²) in [5, 5.41) is 3.01. The van der Waals surface area contributed by atoms with E-state index in [-0.39, 0.29) is 11.7 Å². The number of halogens is 1. The molecule has 0 aromatic heterocycles. The van der Waals surface area contributed by atoms with E-state index >= 15 is 0 Å². The number of rotatable bonds is 14. The number of Topliss-reactive ketones (excluding diaryl/α,β-unsaturated/α-hetero) is 1. The molecular formula is C25H36ClNO4. The Balaban J connectivity index is 1.67. The zero-order chi connectivity index (χ0) is 22.5. The maximum absolute atomic E-state index is 12.3. The summed E-state index contributed by atoms with van der Waals surface area (Å²) >= 11 is 6.16. The van der Waals surface area contributed by atoms with Gasteiger partial charge in [-0.05, 0) is 37.5 Å². The molecule has 0 saturated heterocycles. The molecule has 6 heteroatoms. The molecular weight excluding hydrogens is 414 g/mol. The number of esters is 1. The molecule has 1 atom stereocenters. The fraction of sp³-hybridized carbons (Fsp3) is 0.640. The maximum Gasteiger partial charge on any atom is 0.338 e. The molecule has 1 saturated carbocycles. The molecule has 1 aliphatic rings. The molecule has 0 bridgehead atoms. The van der Waals surface area contributed by atoms with Crippen molar-refractivity contribution in [3.8, 4) is 0 Å². The Labute approximate surface area is 191 Å². The molecule has 31 heavy (non-hydrogen) atoms. The number of carbonyl (C=O) groups is 3. The molecule has 1 N–H and O–H groups in total. The van der Waals surface area contributed by atoms with Crippen molar-refractivity contribution in [1.29, 1.82) is 0 Å². The van der Waals surface area contributed by atoms with Crippen molar-refractivity contribution in [1.82, 2.24) is 0 Å². The van der Waals surface area contributed by atoms with Crippen LogP contribution in [0, 0.1) is 5.92 Å². The number of hydrogen-bond donors (Lipinski definition) is 1. The average molecular weight is 450 g/mol. The third-order valence-electron chi connectivity index (χ3n) is 5.81. The molecule has 1 fully saturated rings. The fourth-order valence-electron chi connectivity index (χ4n) is 3.90. The molecule has 0 radical (unpaired) electrons. The Hall–Kier alpha value is -1.88. The standard InChI is InChI=1S/C25H36ClNO4/c1-2-3-4-5-6-7-8-9-10-11-17-31-25(30)19-15-16-21(26)22(18-19)27-24(29)20-13-12-14-23(20)28/h15-16,18,20H,2-14,17H2,1H3,(H,27,29). The summed E-state index contributed by atoms with van der Waals surface area (Å²) < 4.78 is 5.37. The van der Waals surface area contributed by atoms with E-state index in [0.717, 1.165) is 19.3 Å². The van der Waals surface area contributed by atoms with Crippen LogP contribution in [0.3, 0.4) is 0 Å². The van der Waals surface area contributed by atoms with E-state index in [0.29, 0.717) is 35.7 Å². The van der Waals surface area contributed by atoms with Crippen molar-refractivity contribution in [3.05, 3.63) is 28.8 Å². The van der Waals surface area contributed by atoms with Crippen LogP contribution in [0.25, 0.3) is 0 Å². The minimum atomic E-state index is -0.622. The van der Waals surface area contributed by atoms with Gasteiger partial charge in [0.1, 0.15) is 5.78 Å². The molecule has 1 unspecified atom stereocenters. The number of amides is 1. The number of ether oxygens (including phenoxy) is 1. The molecule has 172 valence electrons. The lowest BCUT2D eigenvalue weighted by atomic mass is 10.1. The predicted molar refractivity (Wildman–Crippen MR) is 125 cm³/mol. The summed E-state index contributed by atoms with van der Waals surface area (Å²) in [6, 6.07) is 4.66. The van der Waals surface area contributed by atoms with Gasteiger partial charge in [0.15, 0.2) is 0 Å². The number of unbranched alkanes of at least 4 members (excludes halogenated alkanes) is 9. The highest BCUT2D eigenvalue weighted by Gasteiger charge is 2.31. The molecule has 0 aliphatic heterocycles. The lowest BCUT2D eigenvalue weighted by molar-refractivity contribution is -0.129. The Bertz CT molecular complexity index is 734. The van der Waals surface area contributed by atoms with Crippen LogP contribution in [0.1, 0.15) is 101 Å². The molecule has 1 aliphatic carbocycles. The Morgan fingerprint density at radius 2 is 1.68 bits per heavy atom. The Kier molecular flexibility index (Phi) is 11.7. The number of hydrogen-bond acceptors (Lipinski definition) is 4. The summed E-state index contributed by atoms with van der Waals surface area (Å²) in [6.45, 7) is 2.62. The number of nitrogens with one attached hydrogen (secondary N) is 1. The quantitative estimate of drug-likeness (QED) is 0.194. The first-order valence-corrected chi connectivity index (χ1v) is 12.2. The normalized spacial score (nSPS) is 15.8. The van der Waals surface area contributed by atoms with Crippen LogP contribution in [-0.2, 0) is 14.3 Å². The van der Waals surface area contributed by atoms with Crippen molar-refractivity contribution in [2.24, 2.45) is 5.92 Å².